The number of hydrogen-bond acceptors (Lipinski definition) is 0. The Morgan fingerprint density at radius 2 is 0.375 bits per heavy atom. The van der Waals surface area contributed by atoms with Crippen LogP contribution in [0.3, 0.4) is 0 Å². The maximum Gasteiger partial charge on any atom is -0.00987 e. The minimum atomic E-state index is 1.28. The third-order valence-electron chi connectivity index (χ3n) is 6.86. The highest BCUT2D eigenvalue weighted by molar-refractivity contribution is 6.19. The lowest BCUT2D eigenvalue weighted by Crippen LogP contribution is -1.92. The monoisotopic (exact) mass is 404 g/mol. The summed E-state index contributed by atoms with van der Waals surface area (Å²) in [6.07, 6.45) is 9.31. The zero-order valence-electron chi connectivity index (χ0n) is 17.5. The summed E-state index contributed by atoms with van der Waals surface area (Å²) in [7, 11) is 0. The Balaban J connectivity index is 1.76. The second kappa shape index (κ2) is 6.67. The van der Waals surface area contributed by atoms with Gasteiger partial charge >= 0.3 is 0 Å². The third kappa shape index (κ3) is 2.38. The van der Waals surface area contributed by atoms with Gasteiger partial charge in [0.1, 0.15) is 0 Å². The summed E-state index contributed by atoms with van der Waals surface area (Å²) in [5, 5.41) is 10.4. The van der Waals surface area contributed by atoms with Gasteiger partial charge in [0.2, 0.25) is 0 Å². The van der Waals surface area contributed by atoms with Crippen LogP contribution in [0.25, 0.3) is 67.4 Å². The van der Waals surface area contributed by atoms with Crippen molar-refractivity contribution in [2.75, 3.05) is 0 Å². The molecule has 0 radical (unpaired) electrons. The van der Waals surface area contributed by atoms with Gasteiger partial charge in [0.05, 0.1) is 0 Å². The van der Waals surface area contributed by atoms with E-state index < -0.39 is 0 Å². The first-order chi connectivity index (χ1) is 15.9. The molecular weight excluding hydrogens is 384 g/mol. The summed E-state index contributed by atoms with van der Waals surface area (Å²) < 4.78 is 0. The highest BCUT2D eigenvalue weighted by Gasteiger charge is 2.14. The molecule has 4 bridgehead atoms. The van der Waals surface area contributed by atoms with E-state index in [0.717, 1.165) is 0 Å². The molecular formula is C32H20. The normalized spacial score (nSPS) is 12.8. The SMILES string of the molecule is C1=Cc2c3ccccc3c(c3ccccc23)C=Cc2c3ccccc3c1c1ccccc21. The molecule has 0 atom stereocenters. The molecule has 0 heterocycles. The van der Waals surface area contributed by atoms with Crippen molar-refractivity contribution in [1.82, 2.24) is 0 Å². The van der Waals surface area contributed by atoms with Crippen LogP contribution in [0.2, 0.25) is 0 Å². The van der Waals surface area contributed by atoms with Gasteiger partial charge in [-0.1, -0.05) is 121 Å². The molecule has 148 valence electrons. The van der Waals surface area contributed by atoms with E-state index >= 15 is 0 Å². The van der Waals surface area contributed by atoms with E-state index in [4.69, 9.17) is 0 Å². The summed E-state index contributed by atoms with van der Waals surface area (Å²) in [4.78, 5) is 0. The third-order valence-corrected chi connectivity index (χ3v) is 6.86. The fourth-order valence-electron chi connectivity index (χ4n) is 5.44. The Kier molecular flexibility index (Phi) is 3.65. The Morgan fingerprint density at radius 3 is 0.531 bits per heavy atom. The number of rotatable bonds is 0. The maximum absolute atomic E-state index is 2.33. The van der Waals surface area contributed by atoms with E-state index in [-0.39, 0.29) is 0 Å². The molecule has 0 spiro atoms. The van der Waals surface area contributed by atoms with Crippen molar-refractivity contribution in [1.29, 1.82) is 0 Å². The van der Waals surface area contributed by atoms with Crippen molar-refractivity contribution < 1.29 is 0 Å². The quantitative estimate of drug-likeness (QED) is 0.221. The Morgan fingerprint density at radius 1 is 0.219 bits per heavy atom. The van der Waals surface area contributed by atoms with E-state index in [1.807, 2.05) is 0 Å². The zero-order chi connectivity index (χ0) is 21.1. The topological polar surface area (TPSA) is 0 Å². The average molecular weight is 405 g/mol. The van der Waals surface area contributed by atoms with E-state index in [1.54, 1.807) is 0 Å². The lowest BCUT2D eigenvalue weighted by atomic mass is 9.87. The number of benzene rings is 6. The van der Waals surface area contributed by atoms with E-state index in [2.05, 4.69) is 121 Å². The smallest absolute Gasteiger partial charge is 0.00987 e. The second-order valence-electron chi connectivity index (χ2n) is 8.50. The first kappa shape index (κ1) is 17.5. The lowest BCUT2D eigenvalue weighted by molar-refractivity contribution is 1.70. The fraction of sp³-hybridized carbons (Fsp3) is 0. The highest BCUT2D eigenvalue weighted by Crippen LogP contribution is 2.39. The van der Waals surface area contributed by atoms with Crippen LogP contribution in [-0.4, -0.2) is 0 Å². The summed E-state index contributed by atoms with van der Waals surface area (Å²) in [6, 6.07) is 35.2. The van der Waals surface area contributed by atoms with Crippen molar-refractivity contribution in [3.8, 4) is 0 Å². The van der Waals surface area contributed by atoms with Gasteiger partial charge in [0, 0.05) is 0 Å². The number of hydrogen-bond donors (Lipinski definition) is 0. The van der Waals surface area contributed by atoms with Crippen LogP contribution in [0.15, 0.2) is 97.1 Å². The molecule has 6 aromatic rings. The molecule has 0 saturated heterocycles. The molecule has 0 aliphatic heterocycles. The van der Waals surface area contributed by atoms with Gasteiger partial charge < -0.3 is 0 Å². The van der Waals surface area contributed by atoms with Crippen LogP contribution < -0.4 is 0 Å². The van der Waals surface area contributed by atoms with Crippen LogP contribution in [0, 0.1) is 0 Å². The molecule has 0 N–H and O–H groups in total. The molecule has 0 aromatic heterocycles. The molecule has 6 aromatic carbocycles. The van der Waals surface area contributed by atoms with Crippen LogP contribution in [0.5, 0.6) is 0 Å². The Bertz CT molecular complexity index is 1390. The molecule has 7 rings (SSSR count). The summed E-state index contributed by atoms with van der Waals surface area (Å²) in [5.41, 5.74) is 5.13. The second-order valence-corrected chi connectivity index (χ2v) is 8.50. The minimum Gasteiger partial charge on any atom is -0.0616 e. The molecule has 0 amide bonds. The van der Waals surface area contributed by atoms with Crippen LogP contribution in [0.4, 0.5) is 0 Å². The summed E-state index contributed by atoms with van der Waals surface area (Å²) in [6.45, 7) is 0. The predicted octanol–water partition coefficient (Wildman–Crippen LogP) is 8.95. The van der Waals surface area contributed by atoms with Gasteiger partial charge in [0.25, 0.3) is 0 Å². The van der Waals surface area contributed by atoms with Gasteiger partial charge in [-0.3, -0.25) is 0 Å². The Labute approximate surface area is 186 Å². The van der Waals surface area contributed by atoms with Crippen molar-refractivity contribution in [2.24, 2.45) is 0 Å². The molecule has 0 heteroatoms. The fourth-order valence-corrected chi connectivity index (χ4v) is 5.44. The van der Waals surface area contributed by atoms with Crippen molar-refractivity contribution >= 4 is 67.4 Å². The maximum atomic E-state index is 2.33. The van der Waals surface area contributed by atoms with Crippen molar-refractivity contribution in [2.45, 2.75) is 0 Å². The molecule has 32 heavy (non-hydrogen) atoms. The number of fused-ring (bicyclic) bond motifs is 6. The van der Waals surface area contributed by atoms with E-state index in [0.29, 0.717) is 0 Å². The summed E-state index contributed by atoms with van der Waals surface area (Å²) >= 11 is 0. The predicted molar refractivity (Wildman–Crippen MR) is 141 cm³/mol. The van der Waals surface area contributed by atoms with Crippen LogP contribution in [0.1, 0.15) is 22.3 Å². The van der Waals surface area contributed by atoms with Gasteiger partial charge in [-0.25, -0.2) is 0 Å². The van der Waals surface area contributed by atoms with Gasteiger partial charge in [-0.2, -0.15) is 0 Å². The average Bonchev–Trinajstić information content (AvgIpc) is 2.85. The first-order valence-corrected chi connectivity index (χ1v) is 11.1. The lowest BCUT2D eigenvalue weighted by Gasteiger charge is -2.17. The molecule has 1 aliphatic rings. The van der Waals surface area contributed by atoms with Gasteiger partial charge in [-0.05, 0) is 65.3 Å². The van der Waals surface area contributed by atoms with E-state index in [1.165, 1.54) is 65.3 Å². The van der Waals surface area contributed by atoms with Crippen molar-refractivity contribution in [3.05, 3.63) is 119 Å². The molecule has 0 nitrogen and oxygen atoms in total. The molecule has 1 aliphatic carbocycles. The Hall–Kier alpha value is -4.16. The molecule has 0 fully saturated rings. The van der Waals surface area contributed by atoms with Crippen molar-refractivity contribution in [3.63, 3.8) is 0 Å². The molecule has 0 saturated carbocycles. The van der Waals surface area contributed by atoms with Gasteiger partial charge in [-0.15, -0.1) is 0 Å². The first-order valence-electron chi connectivity index (χ1n) is 11.1. The zero-order valence-corrected chi connectivity index (χ0v) is 17.5. The van der Waals surface area contributed by atoms with Gasteiger partial charge in [0.15, 0.2) is 0 Å². The van der Waals surface area contributed by atoms with Crippen LogP contribution in [-0.2, 0) is 0 Å². The van der Waals surface area contributed by atoms with E-state index in [9.17, 15) is 0 Å². The highest BCUT2D eigenvalue weighted by atomic mass is 14.2. The standard InChI is InChI=1S/C32H20/c1-2-10-22-21(9-1)29-17-18-31-25-13-5-7-15-27(25)32(28-16-8-6-14-26(28)31)20-19-30(22)24-12-4-3-11-23(24)29/h1-20H. The summed E-state index contributed by atoms with van der Waals surface area (Å²) in [5.74, 6) is 0. The minimum absolute atomic E-state index is 1.28. The largest absolute Gasteiger partial charge is 0.0616 e. The molecule has 0 unspecified atom stereocenters. The van der Waals surface area contributed by atoms with Crippen LogP contribution >= 0.6 is 0 Å².